The largest absolute Gasteiger partial charge is 0.452 e. The van der Waals surface area contributed by atoms with E-state index in [0.29, 0.717) is 22.0 Å². The van der Waals surface area contributed by atoms with E-state index in [9.17, 15) is 9.59 Å². The third kappa shape index (κ3) is 4.40. The molecule has 0 atom stereocenters. The fourth-order valence-corrected chi connectivity index (χ4v) is 2.86. The molecule has 0 aliphatic heterocycles. The van der Waals surface area contributed by atoms with Gasteiger partial charge in [-0.2, -0.15) is 5.10 Å². The van der Waals surface area contributed by atoms with E-state index >= 15 is 0 Å². The van der Waals surface area contributed by atoms with Crippen molar-refractivity contribution in [3.8, 4) is 5.69 Å². The smallest absolute Gasteiger partial charge is 0.338 e. The van der Waals surface area contributed by atoms with Crippen molar-refractivity contribution in [2.45, 2.75) is 20.8 Å². The van der Waals surface area contributed by atoms with Gasteiger partial charge in [0, 0.05) is 5.02 Å². The van der Waals surface area contributed by atoms with Gasteiger partial charge in [-0.15, -0.1) is 0 Å². The summed E-state index contributed by atoms with van der Waals surface area (Å²) in [5.74, 6) is -1.02. The molecule has 3 rings (SSSR count). The minimum absolute atomic E-state index is 0.330. The zero-order chi connectivity index (χ0) is 20.3. The maximum atomic E-state index is 12.3. The van der Waals surface area contributed by atoms with Gasteiger partial charge in [0.1, 0.15) is 0 Å². The van der Waals surface area contributed by atoms with E-state index in [1.54, 1.807) is 28.9 Å². The number of hydrogen-bond donors (Lipinski definition) is 1. The molecule has 6 nitrogen and oxygen atoms in total. The number of nitrogens with one attached hydrogen (secondary N) is 1. The number of ether oxygens (including phenoxy) is 1. The SMILES string of the molecule is Cc1ccc(-n2nc(C)c(NC(=O)COC(=O)c3ccc(Cl)cc3)c2C)cc1. The Labute approximate surface area is 168 Å². The highest BCUT2D eigenvalue weighted by molar-refractivity contribution is 6.30. The van der Waals surface area contributed by atoms with Gasteiger partial charge in [0.25, 0.3) is 5.91 Å². The monoisotopic (exact) mass is 397 g/mol. The van der Waals surface area contributed by atoms with E-state index in [1.165, 1.54) is 0 Å². The van der Waals surface area contributed by atoms with E-state index in [4.69, 9.17) is 16.3 Å². The van der Waals surface area contributed by atoms with Crippen LogP contribution in [0.2, 0.25) is 5.02 Å². The number of amides is 1. The molecule has 1 aromatic heterocycles. The van der Waals surface area contributed by atoms with Gasteiger partial charge >= 0.3 is 5.97 Å². The van der Waals surface area contributed by atoms with Crippen molar-refractivity contribution in [2.75, 3.05) is 11.9 Å². The molecule has 1 heterocycles. The van der Waals surface area contributed by atoms with Crippen LogP contribution in [-0.2, 0) is 9.53 Å². The topological polar surface area (TPSA) is 73.2 Å². The Morgan fingerprint density at radius 3 is 2.32 bits per heavy atom. The summed E-state index contributed by atoms with van der Waals surface area (Å²) in [6.07, 6.45) is 0. The van der Waals surface area contributed by atoms with Gasteiger partial charge in [0.05, 0.1) is 28.3 Å². The number of nitrogens with zero attached hydrogens (tertiary/aromatic N) is 2. The van der Waals surface area contributed by atoms with Crippen LogP contribution in [0.4, 0.5) is 5.69 Å². The summed E-state index contributed by atoms with van der Waals surface area (Å²) in [6.45, 7) is 5.31. The highest BCUT2D eigenvalue weighted by Crippen LogP contribution is 2.23. The molecule has 0 unspecified atom stereocenters. The maximum Gasteiger partial charge on any atom is 0.338 e. The molecule has 0 aliphatic rings. The minimum atomic E-state index is -0.587. The fraction of sp³-hybridized carbons (Fsp3) is 0.190. The van der Waals surface area contributed by atoms with Crippen molar-refractivity contribution in [3.63, 3.8) is 0 Å². The molecule has 144 valence electrons. The Hall–Kier alpha value is -3.12. The average molecular weight is 398 g/mol. The first-order chi connectivity index (χ1) is 13.3. The van der Waals surface area contributed by atoms with Crippen LogP contribution >= 0.6 is 11.6 Å². The molecule has 0 spiro atoms. The second-order valence-electron chi connectivity index (χ2n) is 6.42. The molecule has 0 aliphatic carbocycles. The molecule has 0 saturated heterocycles. The van der Waals surface area contributed by atoms with Gasteiger partial charge in [0.2, 0.25) is 0 Å². The van der Waals surface area contributed by atoms with Crippen LogP contribution in [0, 0.1) is 20.8 Å². The van der Waals surface area contributed by atoms with Crippen molar-refractivity contribution in [2.24, 2.45) is 0 Å². The van der Waals surface area contributed by atoms with Crippen LogP contribution in [-0.4, -0.2) is 28.3 Å². The number of aryl methyl sites for hydroxylation is 2. The lowest BCUT2D eigenvalue weighted by Crippen LogP contribution is -2.21. The van der Waals surface area contributed by atoms with Gasteiger partial charge in [-0.05, 0) is 57.2 Å². The van der Waals surface area contributed by atoms with Crippen molar-refractivity contribution >= 4 is 29.2 Å². The molecule has 7 heteroatoms. The zero-order valence-corrected chi connectivity index (χ0v) is 16.6. The number of anilines is 1. The Balaban J connectivity index is 1.66. The molecule has 2 aromatic carbocycles. The lowest BCUT2D eigenvalue weighted by Gasteiger charge is -2.08. The van der Waals surface area contributed by atoms with Crippen LogP contribution in [0.5, 0.6) is 0 Å². The maximum absolute atomic E-state index is 12.3. The van der Waals surface area contributed by atoms with Gasteiger partial charge in [-0.25, -0.2) is 9.48 Å². The summed E-state index contributed by atoms with van der Waals surface area (Å²) in [5, 5.41) is 7.79. The predicted octanol–water partition coefficient (Wildman–Crippen LogP) is 4.25. The number of rotatable bonds is 5. The summed E-state index contributed by atoms with van der Waals surface area (Å²) in [5.41, 5.74) is 4.46. The molecule has 0 fully saturated rings. The Kier molecular flexibility index (Phi) is 5.80. The fourth-order valence-electron chi connectivity index (χ4n) is 2.74. The van der Waals surface area contributed by atoms with E-state index in [1.807, 2.05) is 45.0 Å². The quantitative estimate of drug-likeness (QED) is 0.653. The summed E-state index contributed by atoms with van der Waals surface area (Å²) in [7, 11) is 0. The van der Waals surface area contributed by atoms with Crippen LogP contribution in [0.3, 0.4) is 0 Å². The molecular weight excluding hydrogens is 378 g/mol. The summed E-state index contributed by atoms with van der Waals surface area (Å²) < 4.78 is 6.83. The number of carbonyl (C=O) groups is 2. The highest BCUT2D eigenvalue weighted by atomic mass is 35.5. The second kappa shape index (κ2) is 8.27. The Morgan fingerprint density at radius 1 is 1.04 bits per heavy atom. The summed E-state index contributed by atoms with van der Waals surface area (Å²) in [4.78, 5) is 24.3. The van der Waals surface area contributed by atoms with Crippen LogP contribution in [0.15, 0.2) is 48.5 Å². The van der Waals surface area contributed by atoms with E-state index in [-0.39, 0.29) is 0 Å². The number of carbonyl (C=O) groups excluding carboxylic acids is 2. The lowest BCUT2D eigenvalue weighted by molar-refractivity contribution is -0.119. The normalized spacial score (nSPS) is 10.6. The van der Waals surface area contributed by atoms with Gasteiger partial charge in [0.15, 0.2) is 6.61 Å². The molecule has 1 N–H and O–H groups in total. The van der Waals surface area contributed by atoms with Gasteiger partial charge < -0.3 is 10.1 Å². The van der Waals surface area contributed by atoms with E-state index < -0.39 is 18.5 Å². The molecule has 1 amide bonds. The minimum Gasteiger partial charge on any atom is -0.452 e. The zero-order valence-electron chi connectivity index (χ0n) is 15.8. The van der Waals surface area contributed by atoms with Crippen molar-refractivity contribution in [3.05, 3.63) is 76.1 Å². The molecule has 0 saturated carbocycles. The van der Waals surface area contributed by atoms with E-state index in [0.717, 1.165) is 16.9 Å². The first-order valence-electron chi connectivity index (χ1n) is 8.71. The van der Waals surface area contributed by atoms with Gasteiger partial charge in [-0.3, -0.25) is 4.79 Å². The number of esters is 1. The first kappa shape index (κ1) is 19.6. The van der Waals surface area contributed by atoms with Crippen molar-refractivity contribution in [1.29, 1.82) is 0 Å². The second-order valence-corrected chi connectivity index (χ2v) is 6.86. The summed E-state index contributed by atoms with van der Waals surface area (Å²) in [6, 6.07) is 14.2. The number of aromatic nitrogens is 2. The van der Waals surface area contributed by atoms with Crippen molar-refractivity contribution in [1.82, 2.24) is 9.78 Å². The number of halogens is 1. The molecule has 0 radical (unpaired) electrons. The molecule has 28 heavy (non-hydrogen) atoms. The molecular formula is C21H20ClN3O3. The highest BCUT2D eigenvalue weighted by Gasteiger charge is 2.16. The Morgan fingerprint density at radius 2 is 1.68 bits per heavy atom. The molecule has 0 bridgehead atoms. The average Bonchev–Trinajstić information content (AvgIpc) is 2.95. The van der Waals surface area contributed by atoms with Crippen LogP contribution in [0.25, 0.3) is 5.69 Å². The van der Waals surface area contributed by atoms with Crippen molar-refractivity contribution < 1.29 is 14.3 Å². The predicted molar refractivity (Wildman–Crippen MR) is 108 cm³/mol. The summed E-state index contributed by atoms with van der Waals surface area (Å²) >= 11 is 5.79. The Bertz CT molecular complexity index is 1010. The first-order valence-corrected chi connectivity index (χ1v) is 9.09. The number of hydrogen-bond acceptors (Lipinski definition) is 4. The molecule has 3 aromatic rings. The van der Waals surface area contributed by atoms with Crippen LogP contribution < -0.4 is 5.32 Å². The number of benzene rings is 2. The lowest BCUT2D eigenvalue weighted by atomic mass is 10.2. The third-order valence-corrected chi connectivity index (χ3v) is 4.50. The third-order valence-electron chi connectivity index (χ3n) is 4.25. The van der Waals surface area contributed by atoms with Gasteiger partial charge in [-0.1, -0.05) is 29.3 Å². The standard InChI is InChI=1S/C21H20ClN3O3/c1-13-4-10-18(11-5-13)25-15(3)20(14(2)24-25)23-19(26)12-28-21(27)16-6-8-17(22)9-7-16/h4-11H,12H2,1-3H3,(H,23,26). The van der Waals surface area contributed by atoms with E-state index in [2.05, 4.69) is 10.4 Å². The van der Waals surface area contributed by atoms with Crippen LogP contribution in [0.1, 0.15) is 27.3 Å².